The molecule has 0 saturated heterocycles. The van der Waals surface area contributed by atoms with Crippen molar-refractivity contribution in [1.29, 1.82) is 0 Å². The SMILES string of the molecule is C=C(OCC)c1c(C2CC3CCC2C3)nc2c(-c3ccc(-c4ccccc4)nc3)cnn2c1N(COCC[Si](C)(C)C)COCC[Si](C)(C)C. The molecule has 50 heavy (non-hydrogen) atoms. The average molecular weight is 712 g/mol. The first-order valence-electron chi connectivity index (χ1n) is 18.6. The lowest BCUT2D eigenvalue weighted by atomic mass is 9.84. The van der Waals surface area contributed by atoms with Crippen molar-refractivity contribution >= 4 is 33.4 Å². The topological polar surface area (TPSA) is 74.0 Å². The maximum Gasteiger partial charge on any atom is 0.165 e. The molecule has 2 saturated carbocycles. The summed E-state index contributed by atoms with van der Waals surface area (Å²) in [5, 5.41) is 5.04. The Kier molecular flexibility index (Phi) is 11.3. The van der Waals surface area contributed by atoms with Crippen LogP contribution in [0.15, 0.2) is 61.4 Å². The van der Waals surface area contributed by atoms with Crippen molar-refractivity contribution in [2.75, 3.05) is 38.2 Å². The number of anilines is 1. The molecule has 2 fully saturated rings. The summed E-state index contributed by atoms with van der Waals surface area (Å²) in [5.41, 5.74) is 6.79. The van der Waals surface area contributed by atoms with Crippen molar-refractivity contribution in [3.63, 3.8) is 0 Å². The Morgan fingerprint density at radius 3 is 2.14 bits per heavy atom. The van der Waals surface area contributed by atoms with Crippen LogP contribution in [0.25, 0.3) is 33.8 Å². The molecular formula is C40H57N5O3Si2. The maximum atomic E-state index is 6.48. The molecule has 1 aromatic carbocycles. The number of nitrogens with zero attached hydrogens (tertiary/aromatic N) is 5. The van der Waals surface area contributed by atoms with Gasteiger partial charge >= 0.3 is 0 Å². The van der Waals surface area contributed by atoms with Gasteiger partial charge in [0.25, 0.3) is 0 Å². The molecule has 2 bridgehead atoms. The third-order valence-corrected chi connectivity index (χ3v) is 13.7. The number of benzene rings is 1. The van der Waals surface area contributed by atoms with Crippen molar-refractivity contribution in [2.45, 2.75) is 89.9 Å². The Hall–Kier alpha value is -3.32. The highest BCUT2D eigenvalue weighted by Crippen LogP contribution is 2.54. The van der Waals surface area contributed by atoms with Crippen LogP contribution in [0.4, 0.5) is 5.82 Å². The van der Waals surface area contributed by atoms with E-state index in [0.29, 0.717) is 50.9 Å². The largest absolute Gasteiger partial charge is 0.494 e. The van der Waals surface area contributed by atoms with Crippen molar-refractivity contribution in [3.8, 4) is 22.4 Å². The van der Waals surface area contributed by atoms with Crippen LogP contribution in [0.3, 0.4) is 0 Å². The van der Waals surface area contributed by atoms with E-state index >= 15 is 0 Å². The normalized spacial score (nSPS) is 19.0. The van der Waals surface area contributed by atoms with Gasteiger partial charge in [-0.3, -0.25) is 4.98 Å². The minimum Gasteiger partial charge on any atom is -0.494 e. The first-order chi connectivity index (χ1) is 23.9. The molecular weight excluding hydrogens is 655 g/mol. The summed E-state index contributed by atoms with van der Waals surface area (Å²) >= 11 is 0. The molecule has 3 atom stereocenters. The van der Waals surface area contributed by atoms with E-state index in [-0.39, 0.29) is 0 Å². The van der Waals surface area contributed by atoms with E-state index in [2.05, 4.69) is 75.0 Å². The van der Waals surface area contributed by atoms with Gasteiger partial charge in [-0.15, -0.1) is 0 Å². The summed E-state index contributed by atoms with van der Waals surface area (Å²) in [6, 6.07) is 16.7. The van der Waals surface area contributed by atoms with Gasteiger partial charge in [0, 0.05) is 58.2 Å². The first-order valence-corrected chi connectivity index (χ1v) is 26.0. The second-order valence-corrected chi connectivity index (χ2v) is 27.9. The minimum absolute atomic E-state index is 0.341. The van der Waals surface area contributed by atoms with Gasteiger partial charge in [0.2, 0.25) is 0 Å². The highest BCUT2D eigenvalue weighted by Gasteiger charge is 2.43. The van der Waals surface area contributed by atoms with Crippen LogP contribution in [0, 0.1) is 11.8 Å². The number of hydrogen-bond donors (Lipinski definition) is 0. The molecule has 0 amide bonds. The predicted octanol–water partition coefficient (Wildman–Crippen LogP) is 9.80. The fourth-order valence-corrected chi connectivity index (χ4v) is 8.96. The van der Waals surface area contributed by atoms with Gasteiger partial charge in [0.15, 0.2) is 5.65 Å². The van der Waals surface area contributed by atoms with Crippen molar-refractivity contribution < 1.29 is 14.2 Å². The van der Waals surface area contributed by atoms with Gasteiger partial charge in [-0.05, 0) is 56.2 Å². The van der Waals surface area contributed by atoms with Crippen LogP contribution in [-0.4, -0.2) is 69.0 Å². The molecule has 2 aliphatic rings. The molecule has 8 nitrogen and oxygen atoms in total. The van der Waals surface area contributed by atoms with Gasteiger partial charge in [0.05, 0.1) is 29.8 Å². The smallest absolute Gasteiger partial charge is 0.165 e. The minimum atomic E-state index is -1.28. The molecule has 0 spiro atoms. The van der Waals surface area contributed by atoms with Crippen LogP contribution < -0.4 is 4.90 Å². The summed E-state index contributed by atoms with van der Waals surface area (Å²) < 4.78 is 21.2. The summed E-state index contributed by atoms with van der Waals surface area (Å²) in [5.74, 6) is 3.23. The number of fused-ring (bicyclic) bond motifs is 3. The van der Waals surface area contributed by atoms with Crippen LogP contribution in [0.1, 0.15) is 49.8 Å². The van der Waals surface area contributed by atoms with E-state index < -0.39 is 16.1 Å². The standard InChI is InChI=1S/C40H57N5O3Si2/c1-9-48-29(2)37-38(34-24-30-15-16-32(34)23-30)43-39-35(33-17-18-36(41-25-33)31-13-11-10-12-14-31)26-42-45(39)40(37)44(27-46-19-21-49(3,4)5)28-47-20-22-50(6,7)8/h10-14,17-18,25-26,30,32,34H,2,9,15-16,19-24,27-28H2,1,3-8H3. The van der Waals surface area contributed by atoms with Crippen LogP contribution in [-0.2, 0) is 14.2 Å². The van der Waals surface area contributed by atoms with Crippen molar-refractivity contribution in [1.82, 2.24) is 19.6 Å². The zero-order chi connectivity index (χ0) is 35.5. The summed E-state index contributed by atoms with van der Waals surface area (Å²) in [4.78, 5) is 12.6. The van der Waals surface area contributed by atoms with Crippen LogP contribution >= 0.6 is 0 Å². The molecule has 3 aromatic heterocycles. The number of hydrogen-bond acceptors (Lipinski definition) is 7. The quantitative estimate of drug-likeness (QED) is 0.0467. The molecule has 10 heteroatoms. The second kappa shape index (κ2) is 15.5. The van der Waals surface area contributed by atoms with Gasteiger partial charge in [0.1, 0.15) is 25.0 Å². The van der Waals surface area contributed by atoms with E-state index in [9.17, 15) is 0 Å². The maximum absolute atomic E-state index is 6.48. The summed E-state index contributed by atoms with van der Waals surface area (Å²) in [7, 11) is -2.55. The zero-order valence-electron chi connectivity index (χ0n) is 31.4. The van der Waals surface area contributed by atoms with Crippen molar-refractivity contribution in [2.24, 2.45) is 11.8 Å². The molecule has 0 aliphatic heterocycles. The van der Waals surface area contributed by atoms with E-state index in [1.807, 2.05) is 42.0 Å². The fraction of sp³-hybridized carbons (Fsp3) is 0.525. The number of pyridine rings is 1. The Morgan fingerprint density at radius 2 is 1.58 bits per heavy atom. The average Bonchev–Trinajstić information content (AvgIpc) is 3.83. The molecule has 0 radical (unpaired) electrons. The van der Waals surface area contributed by atoms with E-state index in [0.717, 1.165) is 69.5 Å². The Bertz CT molecular complexity index is 1730. The number of rotatable bonds is 17. The Labute approximate surface area is 301 Å². The molecule has 0 N–H and O–H groups in total. The molecule has 6 rings (SSSR count). The molecule has 268 valence electrons. The highest BCUT2D eigenvalue weighted by molar-refractivity contribution is 6.76. The third kappa shape index (κ3) is 8.58. The predicted molar refractivity (Wildman–Crippen MR) is 211 cm³/mol. The Morgan fingerprint density at radius 1 is 0.880 bits per heavy atom. The van der Waals surface area contributed by atoms with Crippen molar-refractivity contribution in [3.05, 3.63) is 72.7 Å². The van der Waals surface area contributed by atoms with E-state index in [4.69, 9.17) is 29.3 Å². The second-order valence-electron chi connectivity index (χ2n) is 16.7. The monoisotopic (exact) mass is 711 g/mol. The van der Waals surface area contributed by atoms with Gasteiger partial charge in [-0.2, -0.15) is 9.61 Å². The van der Waals surface area contributed by atoms with E-state index in [1.54, 1.807) is 0 Å². The third-order valence-electron chi connectivity index (χ3n) is 10.3. The van der Waals surface area contributed by atoms with E-state index in [1.165, 1.54) is 19.3 Å². The Balaban J connectivity index is 1.48. The molecule has 3 heterocycles. The van der Waals surface area contributed by atoms with Crippen LogP contribution in [0.5, 0.6) is 0 Å². The van der Waals surface area contributed by atoms with Crippen LogP contribution in [0.2, 0.25) is 51.4 Å². The van der Waals surface area contributed by atoms with Gasteiger partial charge < -0.3 is 19.1 Å². The summed E-state index contributed by atoms with van der Waals surface area (Å²) in [6.07, 6.45) is 8.86. The van der Waals surface area contributed by atoms with Gasteiger partial charge in [-0.1, -0.05) is 88.7 Å². The zero-order valence-corrected chi connectivity index (χ0v) is 33.4. The molecule has 4 aromatic rings. The molecule has 3 unspecified atom stereocenters. The lowest BCUT2D eigenvalue weighted by Gasteiger charge is -2.31. The molecule has 2 aliphatic carbocycles. The fourth-order valence-electron chi connectivity index (χ4n) is 7.45. The number of aromatic nitrogens is 4. The number of ether oxygens (including phenoxy) is 3. The lowest BCUT2D eigenvalue weighted by molar-refractivity contribution is 0.0941. The first kappa shape index (κ1) is 36.5. The highest BCUT2D eigenvalue weighted by atomic mass is 28.3. The lowest BCUT2D eigenvalue weighted by Crippen LogP contribution is -2.34. The summed E-state index contributed by atoms with van der Waals surface area (Å²) in [6.45, 7) is 23.5. The van der Waals surface area contributed by atoms with Gasteiger partial charge in [-0.25, -0.2) is 4.98 Å².